The number of esters is 1. The maximum atomic E-state index is 12.0. The molecule has 1 amide bonds. The Morgan fingerprint density at radius 2 is 1.59 bits per heavy atom. The van der Waals surface area contributed by atoms with Gasteiger partial charge in [-0.2, -0.15) is 0 Å². The van der Waals surface area contributed by atoms with Gasteiger partial charge in [0.25, 0.3) is 5.91 Å². The lowest BCUT2D eigenvalue weighted by molar-refractivity contribution is 0.0481. The summed E-state index contributed by atoms with van der Waals surface area (Å²) in [7, 11) is 3.85. The topological polar surface area (TPSA) is 58.6 Å². The van der Waals surface area contributed by atoms with Gasteiger partial charge in [-0.05, 0) is 56.9 Å². The second kappa shape index (κ2) is 11.2. The average molecular weight is 389 g/mol. The number of benzene rings is 2. The molecule has 144 valence electrons. The quantitative estimate of drug-likeness (QED) is 0.737. The summed E-state index contributed by atoms with van der Waals surface area (Å²) in [4.78, 5) is 25.9. The lowest BCUT2D eigenvalue weighted by Crippen LogP contribution is -2.20. The van der Waals surface area contributed by atoms with Crippen molar-refractivity contribution < 1.29 is 14.3 Å². The molecule has 0 heterocycles. The number of carbonyl (C=O) groups excluding carboxylic acids is 2. The van der Waals surface area contributed by atoms with Crippen molar-refractivity contribution in [2.75, 3.05) is 27.2 Å². The zero-order valence-corrected chi connectivity index (χ0v) is 16.6. The molecule has 2 aromatic carbocycles. The summed E-state index contributed by atoms with van der Waals surface area (Å²) in [6, 6.07) is 14.4. The van der Waals surface area contributed by atoms with Crippen molar-refractivity contribution >= 4 is 30.4 Å². The summed E-state index contributed by atoms with van der Waals surface area (Å²) >= 11 is 0. The van der Waals surface area contributed by atoms with Gasteiger partial charge < -0.3 is 15.0 Å². The Kier molecular flexibility index (Phi) is 9.26. The highest BCUT2D eigenvalue weighted by atomic mass is 35.5. The molecule has 5 nitrogen and oxygen atoms in total. The molecule has 0 atom stereocenters. The number of halogens is 1. The minimum atomic E-state index is -0.338. The molecule has 0 unspecified atom stereocenters. The van der Waals surface area contributed by atoms with Gasteiger partial charge in [-0.3, -0.25) is 4.79 Å². The third kappa shape index (κ3) is 7.64. The first-order valence-corrected chi connectivity index (χ1v) is 8.42. The molecule has 1 N–H and O–H groups in total. The van der Waals surface area contributed by atoms with Crippen LogP contribution < -0.4 is 5.32 Å². The van der Waals surface area contributed by atoms with Crippen molar-refractivity contribution in [3.63, 3.8) is 0 Å². The van der Waals surface area contributed by atoms with Gasteiger partial charge >= 0.3 is 5.97 Å². The minimum absolute atomic E-state index is 0. The van der Waals surface area contributed by atoms with Gasteiger partial charge in [-0.25, -0.2) is 4.79 Å². The predicted octanol–water partition coefficient (Wildman–Crippen LogP) is 3.54. The van der Waals surface area contributed by atoms with Crippen LogP contribution in [0.15, 0.2) is 54.7 Å². The van der Waals surface area contributed by atoms with Crippen LogP contribution in [0.5, 0.6) is 0 Å². The summed E-state index contributed by atoms with van der Waals surface area (Å²) in [6.07, 6.45) is 3.36. The highest BCUT2D eigenvalue weighted by Crippen LogP contribution is 2.08. The van der Waals surface area contributed by atoms with Gasteiger partial charge in [0.1, 0.15) is 6.61 Å². The number of likely N-dealkylation sites (N-methyl/N-ethyl adjacent to an activating group) is 1. The number of nitrogens with one attached hydrogen (secondary N) is 1. The van der Waals surface area contributed by atoms with Crippen LogP contribution in [-0.4, -0.2) is 44.0 Å². The molecule has 0 saturated carbocycles. The van der Waals surface area contributed by atoms with E-state index in [0.717, 1.165) is 11.1 Å². The molecule has 0 saturated heterocycles. The van der Waals surface area contributed by atoms with E-state index >= 15 is 0 Å². The number of carbonyl (C=O) groups is 2. The first-order chi connectivity index (χ1) is 12.5. The zero-order chi connectivity index (χ0) is 18.9. The molecule has 0 aliphatic rings. The maximum absolute atomic E-state index is 12.0. The summed E-state index contributed by atoms with van der Waals surface area (Å²) in [5.41, 5.74) is 3.09. The zero-order valence-electron chi connectivity index (χ0n) is 15.8. The van der Waals surface area contributed by atoms with Gasteiger partial charge in [0.05, 0.1) is 5.56 Å². The Labute approximate surface area is 166 Å². The number of nitrogens with zero attached hydrogens (tertiary/aromatic N) is 1. The molecule has 0 radical (unpaired) electrons. The Morgan fingerprint density at radius 1 is 1.00 bits per heavy atom. The third-order valence-corrected chi connectivity index (χ3v) is 3.72. The van der Waals surface area contributed by atoms with E-state index in [-0.39, 0.29) is 24.3 Å². The molecule has 0 aliphatic heterocycles. The molecule has 0 aromatic heterocycles. The number of aryl methyl sites for hydroxylation is 1. The molecule has 27 heavy (non-hydrogen) atoms. The first kappa shape index (κ1) is 22.4. The van der Waals surface area contributed by atoms with Crippen molar-refractivity contribution in [1.29, 1.82) is 0 Å². The Balaban J connectivity index is 0.00000364. The van der Waals surface area contributed by atoms with E-state index in [9.17, 15) is 9.59 Å². The fraction of sp³-hybridized carbons (Fsp3) is 0.238. The van der Waals surface area contributed by atoms with Gasteiger partial charge in [0.2, 0.25) is 0 Å². The Hall–Kier alpha value is -2.63. The smallest absolute Gasteiger partial charge is 0.338 e. The van der Waals surface area contributed by atoms with Crippen molar-refractivity contribution in [3.8, 4) is 0 Å². The van der Waals surface area contributed by atoms with Crippen molar-refractivity contribution in [3.05, 3.63) is 77.0 Å². The van der Waals surface area contributed by atoms with Gasteiger partial charge in [-0.1, -0.05) is 29.8 Å². The fourth-order valence-corrected chi connectivity index (χ4v) is 2.14. The number of ether oxygens (including phenoxy) is 1. The van der Waals surface area contributed by atoms with E-state index in [2.05, 4.69) is 5.32 Å². The van der Waals surface area contributed by atoms with Gasteiger partial charge in [0.15, 0.2) is 0 Å². The normalized spacial score (nSPS) is 10.5. The molecular weight excluding hydrogens is 364 g/mol. The van der Waals surface area contributed by atoms with Crippen molar-refractivity contribution in [1.82, 2.24) is 10.2 Å². The number of rotatable bonds is 7. The molecule has 0 spiro atoms. The van der Waals surface area contributed by atoms with E-state index in [1.165, 1.54) is 0 Å². The van der Waals surface area contributed by atoms with Gasteiger partial charge in [-0.15, -0.1) is 12.4 Å². The van der Waals surface area contributed by atoms with Crippen LogP contribution in [0.2, 0.25) is 0 Å². The highest BCUT2D eigenvalue weighted by molar-refractivity contribution is 5.95. The minimum Gasteiger partial charge on any atom is -0.461 e. The number of hydrogen-bond donors (Lipinski definition) is 1. The monoisotopic (exact) mass is 388 g/mol. The SMILES string of the molecule is Cc1ccc(C(=O)N/C=C/c2ccc(C(=O)OCCN(C)C)cc2)cc1.Cl. The number of hydrogen-bond acceptors (Lipinski definition) is 4. The van der Waals surface area contributed by atoms with Crippen molar-refractivity contribution in [2.45, 2.75) is 6.92 Å². The molecule has 0 bridgehead atoms. The van der Waals surface area contributed by atoms with Crippen LogP contribution in [-0.2, 0) is 4.74 Å². The molecule has 2 aromatic rings. The van der Waals surface area contributed by atoms with E-state index in [1.54, 1.807) is 48.7 Å². The second-order valence-electron chi connectivity index (χ2n) is 6.23. The van der Waals surface area contributed by atoms with Crippen molar-refractivity contribution in [2.24, 2.45) is 0 Å². The highest BCUT2D eigenvalue weighted by Gasteiger charge is 2.06. The Bertz CT molecular complexity index is 769. The van der Waals surface area contributed by atoms with E-state index in [4.69, 9.17) is 4.74 Å². The van der Waals surface area contributed by atoms with E-state index < -0.39 is 0 Å². The predicted molar refractivity (Wildman–Crippen MR) is 110 cm³/mol. The summed E-state index contributed by atoms with van der Waals surface area (Å²) in [5.74, 6) is -0.502. The van der Waals surface area contributed by atoms with Crippen LogP contribution in [0.3, 0.4) is 0 Å². The standard InChI is InChI=1S/C21H24N2O3.ClH/c1-16-4-8-18(9-5-16)20(24)22-13-12-17-6-10-19(11-7-17)21(25)26-15-14-23(2)3;/h4-13H,14-15H2,1-3H3,(H,22,24);1H/b13-12+;. The molecule has 0 aliphatic carbocycles. The van der Waals surface area contributed by atoms with Crippen LogP contribution in [0, 0.1) is 6.92 Å². The van der Waals surface area contributed by atoms with Crippen LogP contribution in [0.25, 0.3) is 6.08 Å². The first-order valence-electron chi connectivity index (χ1n) is 8.42. The van der Waals surface area contributed by atoms with E-state index in [1.807, 2.05) is 38.1 Å². The van der Waals surface area contributed by atoms with Crippen LogP contribution in [0.1, 0.15) is 31.8 Å². The van der Waals surface area contributed by atoms with Crippen LogP contribution in [0.4, 0.5) is 0 Å². The molecule has 0 fully saturated rings. The fourth-order valence-electron chi connectivity index (χ4n) is 2.14. The lowest BCUT2D eigenvalue weighted by atomic mass is 10.1. The summed E-state index contributed by atoms with van der Waals surface area (Å²) in [5, 5.41) is 2.73. The molecular formula is C21H25ClN2O3. The largest absolute Gasteiger partial charge is 0.461 e. The summed E-state index contributed by atoms with van der Waals surface area (Å²) < 4.78 is 5.19. The molecule has 2 rings (SSSR count). The Morgan fingerprint density at radius 3 is 2.19 bits per heavy atom. The average Bonchev–Trinajstić information content (AvgIpc) is 2.62. The van der Waals surface area contributed by atoms with Crippen LogP contribution >= 0.6 is 12.4 Å². The maximum Gasteiger partial charge on any atom is 0.338 e. The second-order valence-corrected chi connectivity index (χ2v) is 6.23. The van der Waals surface area contributed by atoms with E-state index in [0.29, 0.717) is 24.3 Å². The third-order valence-electron chi connectivity index (χ3n) is 3.72. The summed E-state index contributed by atoms with van der Waals surface area (Å²) in [6.45, 7) is 3.02. The lowest BCUT2D eigenvalue weighted by Gasteiger charge is -2.09. The van der Waals surface area contributed by atoms with Gasteiger partial charge in [0, 0.05) is 18.3 Å². The number of amides is 1. The molecule has 6 heteroatoms.